The number of hydrazine groups is 1. The van der Waals surface area contributed by atoms with Crippen molar-refractivity contribution in [1.29, 1.82) is 0 Å². The van der Waals surface area contributed by atoms with E-state index in [1.807, 2.05) is 12.1 Å². The second-order valence-corrected chi connectivity index (χ2v) is 4.38. The molecule has 1 aliphatic heterocycles. The van der Waals surface area contributed by atoms with Gasteiger partial charge in [-0.25, -0.2) is 0 Å². The van der Waals surface area contributed by atoms with Gasteiger partial charge in [0.1, 0.15) is 13.2 Å². The Bertz CT molecular complexity index is 391. The van der Waals surface area contributed by atoms with Gasteiger partial charge in [-0.3, -0.25) is 11.3 Å². The molecule has 1 fully saturated rings. The summed E-state index contributed by atoms with van der Waals surface area (Å²) >= 11 is 0. The zero-order valence-corrected chi connectivity index (χ0v) is 9.11. The van der Waals surface area contributed by atoms with Crippen molar-refractivity contribution in [2.24, 2.45) is 11.8 Å². The third kappa shape index (κ3) is 1.74. The van der Waals surface area contributed by atoms with Crippen LogP contribution in [0.25, 0.3) is 0 Å². The number of nitrogens with two attached hydrogens (primary N) is 1. The molecule has 3 rings (SSSR count). The number of rotatable bonds is 3. The van der Waals surface area contributed by atoms with Crippen LogP contribution in [0.15, 0.2) is 18.2 Å². The maximum absolute atomic E-state index is 5.60. The Morgan fingerprint density at radius 2 is 1.94 bits per heavy atom. The number of ether oxygens (including phenoxy) is 2. The van der Waals surface area contributed by atoms with E-state index < -0.39 is 0 Å². The third-order valence-corrected chi connectivity index (χ3v) is 3.20. The molecular formula is C12H16N2O2. The van der Waals surface area contributed by atoms with E-state index in [2.05, 4.69) is 11.5 Å². The summed E-state index contributed by atoms with van der Waals surface area (Å²) in [6, 6.07) is 6.32. The Balaban J connectivity index is 1.89. The predicted octanol–water partition coefficient (Wildman–Crippen LogP) is 1.37. The van der Waals surface area contributed by atoms with Crippen LogP contribution in [0.5, 0.6) is 11.5 Å². The summed E-state index contributed by atoms with van der Waals surface area (Å²) in [4.78, 5) is 0. The lowest BCUT2D eigenvalue weighted by molar-refractivity contribution is 0.171. The van der Waals surface area contributed by atoms with E-state index in [9.17, 15) is 0 Å². The van der Waals surface area contributed by atoms with Gasteiger partial charge in [0.2, 0.25) is 0 Å². The summed E-state index contributed by atoms with van der Waals surface area (Å²) in [7, 11) is 0. The van der Waals surface area contributed by atoms with Crippen molar-refractivity contribution in [1.82, 2.24) is 5.43 Å². The van der Waals surface area contributed by atoms with Crippen LogP contribution >= 0.6 is 0 Å². The van der Waals surface area contributed by atoms with E-state index in [1.165, 1.54) is 18.4 Å². The molecule has 1 heterocycles. The van der Waals surface area contributed by atoms with Crippen LogP contribution in [0.1, 0.15) is 24.4 Å². The average molecular weight is 220 g/mol. The van der Waals surface area contributed by atoms with Gasteiger partial charge in [-0.2, -0.15) is 0 Å². The molecule has 0 saturated heterocycles. The first-order valence-corrected chi connectivity index (χ1v) is 5.74. The highest BCUT2D eigenvalue weighted by Gasteiger charge is 2.32. The van der Waals surface area contributed by atoms with Crippen LogP contribution in [-0.2, 0) is 0 Å². The minimum absolute atomic E-state index is 0.246. The van der Waals surface area contributed by atoms with Crippen LogP contribution in [0.3, 0.4) is 0 Å². The average Bonchev–Trinajstić information content (AvgIpc) is 3.14. The van der Waals surface area contributed by atoms with Crippen molar-refractivity contribution in [2.45, 2.75) is 18.9 Å². The Morgan fingerprint density at radius 3 is 2.62 bits per heavy atom. The van der Waals surface area contributed by atoms with Crippen molar-refractivity contribution in [3.05, 3.63) is 23.8 Å². The van der Waals surface area contributed by atoms with E-state index in [0.717, 1.165) is 11.5 Å². The molecule has 1 aromatic carbocycles. The second-order valence-electron chi connectivity index (χ2n) is 4.38. The first-order chi connectivity index (χ1) is 7.88. The lowest BCUT2D eigenvalue weighted by Crippen LogP contribution is -2.29. The molecule has 0 bridgehead atoms. The number of benzene rings is 1. The summed E-state index contributed by atoms with van der Waals surface area (Å²) in [6.07, 6.45) is 2.51. The normalized spacial score (nSPS) is 20.6. The zero-order chi connectivity index (χ0) is 11.0. The molecule has 0 spiro atoms. The Morgan fingerprint density at radius 1 is 1.19 bits per heavy atom. The Kier molecular flexibility index (Phi) is 2.46. The lowest BCUT2D eigenvalue weighted by atomic mass is 10.0. The molecule has 2 aliphatic rings. The number of hydrogen-bond acceptors (Lipinski definition) is 4. The van der Waals surface area contributed by atoms with Crippen molar-refractivity contribution >= 4 is 0 Å². The molecule has 16 heavy (non-hydrogen) atoms. The van der Waals surface area contributed by atoms with Gasteiger partial charge in [-0.15, -0.1) is 0 Å². The molecule has 1 atom stereocenters. The predicted molar refractivity (Wildman–Crippen MR) is 60.2 cm³/mol. The number of fused-ring (bicyclic) bond motifs is 1. The summed E-state index contributed by atoms with van der Waals surface area (Å²) in [5.74, 6) is 7.95. The van der Waals surface area contributed by atoms with E-state index in [-0.39, 0.29) is 6.04 Å². The van der Waals surface area contributed by atoms with E-state index in [0.29, 0.717) is 19.1 Å². The molecule has 4 heteroatoms. The SMILES string of the molecule is NNC(c1ccc2c(c1)OCCO2)C1CC1. The van der Waals surface area contributed by atoms with Crippen molar-refractivity contribution in [3.8, 4) is 11.5 Å². The molecule has 0 amide bonds. The van der Waals surface area contributed by atoms with Gasteiger partial charge in [0, 0.05) is 6.04 Å². The molecule has 4 nitrogen and oxygen atoms in total. The highest BCUT2D eigenvalue weighted by Crippen LogP contribution is 2.42. The zero-order valence-electron chi connectivity index (χ0n) is 9.11. The molecule has 1 aromatic rings. The van der Waals surface area contributed by atoms with Gasteiger partial charge >= 0.3 is 0 Å². The third-order valence-electron chi connectivity index (χ3n) is 3.20. The van der Waals surface area contributed by atoms with E-state index in [1.54, 1.807) is 0 Å². The summed E-state index contributed by atoms with van der Waals surface area (Å²) in [5.41, 5.74) is 4.08. The molecule has 1 aliphatic carbocycles. The van der Waals surface area contributed by atoms with Crippen LogP contribution in [0.2, 0.25) is 0 Å². The Hall–Kier alpha value is -1.26. The van der Waals surface area contributed by atoms with Crippen LogP contribution in [-0.4, -0.2) is 13.2 Å². The highest BCUT2D eigenvalue weighted by atomic mass is 16.6. The van der Waals surface area contributed by atoms with Gasteiger partial charge in [0.15, 0.2) is 11.5 Å². The summed E-state index contributed by atoms with van der Waals surface area (Å²) < 4.78 is 11.1. The molecule has 1 saturated carbocycles. The topological polar surface area (TPSA) is 56.5 Å². The fraction of sp³-hybridized carbons (Fsp3) is 0.500. The second kappa shape index (κ2) is 3.96. The molecule has 1 unspecified atom stereocenters. The van der Waals surface area contributed by atoms with Crippen LogP contribution < -0.4 is 20.7 Å². The van der Waals surface area contributed by atoms with Gasteiger partial charge in [-0.05, 0) is 36.5 Å². The van der Waals surface area contributed by atoms with Crippen molar-refractivity contribution in [3.63, 3.8) is 0 Å². The molecule has 86 valence electrons. The summed E-state index contributed by atoms with van der Waals surface area (Å²) in [5, 5.41) is 0. The van der Waals surface area contributed by atoms with Crippen LogP contribution in [0.4, 0.5) is 0 Å². The van der Waals surface area contributed by atoms with Gasteiger partial charge in [0.05, 0.1) is 0 Å². The van der Waals surface area contributed by atoms with E-state index in [4.69, 9.17) is 15.3 Å². The standard InChI is InChI=1S/C12H16N2O2/c13-14-12(8-1-2-8)9-3-4-10-11(7-9)16-6-5-15-10/h3-4,7-8,12,14H,1-2,5-6,13H2. The smallest absolute Gasteiger partial charge is 0.161 e. The largest absolute Gasteiger partial charge is 0.486 e. The highest BCUT2D eigenvalue weighted by molar-refractivity contribution is 5.45. The van der Waals surface area contributed by atoms with Crippen molar-refractivity contribution in [2.75, 3.05) is 13.2 Å². The molecule has 3 N–H and O–H groups in total. The lowest BCUT2D eigenvalue weighted by Gasteiger charge is -2.21. The molecule has 0 aromatic heterocycles. The monoisotopic (exact) mass is 220 g/mol. The van der Waals surface area contributed by atoms with Gasteiger partial charge in [0.25, 0.3) is 0 Å². The summed E-state index contributed by atoms with van der Waals surface area (Å²) in [6.45, 7) is 1.26. The molecule has 0 radical (unpaired) electrons. The fourth-order valence-corrected chi connectivity index (χ4v) is 2.19. The number of hydrogen-bond donors (Lipinski definition) is 2. The van der Waals surface area contributed by atoms with Crippen LogP contribution in [0, 0.1) is 5.92 Å². The minimum Gasteiger partial charge on any atom is -0.486 e. The van der Waals surface area contributed by atoms with E-state index >= 15 is 0 Å². The minimum atomic E-state index is 0.246. The van der Waals surface area contributed by atoms with Crippen molar-refractivity contribution < 1.29 is 9.47 Å². The molecular weight excluding hydrogens is 204 g/mol. The van der Waals surface area contributed by atoms with Gasteiger partial charge in [-0.1, -0.05) is 6.07 Å². The number of nitrogens with one attached hydrogen (secondary N) is 1. The maximum atomic E-state index is 5.60. The fourth-order valence-electron chi connectivity index (χ4n) is 2.19. The Labute approximate surface area is 94.7 Å². The first kappa shape index (κ1) is 9.93. The maximum Gasteiger partial charge on any atom is 0.161 e. The first-order valence-electron chi connectivity index (χ1n) is 5.74. The quantitative estimate of drug-likeness (QED) is 0.596. The van der Waals surface area contributed by atoms with Gasteiger partial charge < -0.3 is 9.47 Å².